The van der Waals surface area contributed by atoms with Crippen LogP contribution in [0.2, 0.25) is 0 Å². The van der Waals surface area contributed by atoms with Crippen molar-refractivity contribution >= 4 is 5.69 Å². The molecule has 0 atom stereocenters. The fraction of sp³-hybridized carbons (Fsp3) is 0.562. The molecule has 0 saturated carbocycles. The summed E-state index contributed by atoms with van der Waals surface area (Å²) in [6, 6.07) is 8.15. The van der Waals surface area contributed by atoms with Gasteiger partial charge in [0.15, 0.2) is 0 Å². The van der Waals surface area contributed by atoms with Crippen LogP contribution >= 0.6 is 0 Å². The molecule has 0 amide bonds. The highest BCUT2D eigenvalue weighted by Crippen LogP contribution is 2.16. The molecule has 21 heavy (non-hydrogen) atoms. The molecule has 0 unspecified atom stereocenters. The summed E-state index contributed by atoms with van der Waals surface area (Å²) in [5, 5.41) is 17.4. The van der Waals surface area contributed by atoms with Gasteiger partial charge in [0.25, 0.3) is 0 Å². The Hall–Kier alpha value is -1.91. The molecule has 114 valence electrons. The van der Waals surface area contributed by atoms with Crippen LogP contribution in [-0.2, 0) is 0 Å². The van der Waals surface area contributed by atoms with Crippen molar-refractivity contribution in [3.8, 4) is 11.4 Å². The monoisotopic (exact) mass is 287 g/mol. The minimum absolute atomic E-state index is 0.633. The smallest absolute Gasteiger partial charge is 0.204 e. The Labute approximate surface area is 126 Å². The second kappa shape index (κ2) is 9.10. The second-order valence-corrected chi connectivity index (χ2v) is 5.36. The first-order valence-electron chi connectivity index (χ1n) is 7.98. The summed E-state index contributed by atoms with van der Waals surface area (Å²) in [6.45, 7) is 3.29. The molecule has 2 aromatic rings. The summed E-state index contributed by atoms with van der Waals surface area (Å²) in [5.41, 5.74) is 2.12. The van der Waals surface area contributed by atoms with Gasteiger partial charge in [0.2, 0.25) is 5.82 Å². The molecule has 5 nitrogen and oxygen atoms in total. The first-order valence-corrected chi connectivity index (χ1v) is 7.98. The highest BCUT2D eigenvalue weighted by Gasteiger charge is 2.01. The van der Waals surface area contributed by atoms with Crippen molar-refractivity contribution in [2.24, 2.45) is 0 Å². The van der Waals surface area contributed by atoms with Crippen LogP contribution in [0.3, 0.4) is 0 Å². The molecular weight excluding hydrogens is 262 g/mol. The van der Waals surface area contributed by atoms with E-state index in [1.807, 2.05) is 12.1 Å². The molecule has 0 bridgehead atoms. The Balaban J connectivity index is 1.61. The maximum atomic E-state index is 3.97. The van der Waals surface area contributed by atoms with Crippen LogP contribution in [0.15, 0.2) is 24.3 Å². The fourth-order valence-electron chi connectivity index (χ4n) is 2.34. The van der Waals surface area contributed by atoms with Gasteiger partial charge in [0, 0.05) is 17.8 Å². The molecule has 5 heteroatoms. The first-order chi connectivity index (χ1) is 10.4. The SMILES string of the molecule is CCCCCCCCCNc1ccc(-c2nn[nH]n2)cc1. The molecule has 0 aliphatic rings. The quantitative estimate of drug-likeness (QED) is 0.647. The van der Waals surface area contributed by atoms with Gasteiger partial charge in [-0.15, -0.1) is 10.2 Å². The van der Waals surface area contributed by atoms with Crippen molar-refractivity contribution in [3.63, 3.8) is 0 Å². The van der Waals surface area contributed by atoms with Crippen LogP contribution in [-0.4, -0.2) is 27.2 Å². The van der Waals surface area contributed by atoms with Gasteiger partial charge in [0.1, 0.15) is 0 Å². The lowest BCUT2D eigenvalue weighted by Gasteiger charge is -2.06. The van der Waals surface area contributed by atoms with E-state index in [0.29, 0.717) is 5.82 Å². The highest BCUT2D eigenvalue weighted by molar-refractivity contribution is 5.58. The third kappa shape index (κ3) is 5.53. The maximum Gasteiger partial charge on any atom is 0.204 e. The van der Waals surface area contributed by atoms with Gasteiger partial charge in [-0.05, 0) is 35.9 Å². The number of benzene rings is 1. The Morgan fingerprint density at radius 3 is 2.33 bits per heavy atom. The summed E-state index contributed by atoms with van der Waals surface area (Å²) >= 11 is 0. The molecule has 0 radical (unpaired) electrons. The van der Waals surface area contributed by atoms with Gasteiger partial charge in [-0.3, -0.25) is 0 Å². The molecule has 0 fully saturated rings. The molecule has 0 aliphatic heterocycles. The zero-order chi connectivity index (χ0) is 14.8. The van der Waals surface area contributed by atoms with Gasteiger partial charge in [-0.25, -0.2) is 0 Å². The lowest BCUT2D eigenvalue weighted by Crippen LogP contribution is -2.01. The van der Waals surface area contributed by atoms with Crippen LogP contribution in [0.4, 0.5) is 5.69 Å². The van der Waals surface area contributed by atoms with Crippen LogP contribution < -0.4 is 5.32 Å². The van der Waals surface area contributed by atoms with Crippen molar-refractivity contribution in [1.29, 1.82) is 0 Å². The normalized spacial score (nSPS) is 10.7. The average molecular weight is 287 g/mol. The van der Waals surface area contributed by atoms with Gasteiger partial charge in [-0.2, -0.15) is 5.21 Å². The molecule has 1 aromatic heterocycles. The van der Waals surface area contributed by atoms with Crippen molar-refractivity contribution in [1.82, 2.24) is 20.6 Å². The van der Waals surface area contributed by atoms with Crippen molar-refractivity contribution in [3.05, 3.63) is 24.3 Å². The molecule has 1 aromatic carbocycles. The molecule has 0 aliphatic carbocycles. The van der Waals surface area contributed by atoms with Crippen LogP contribution in [0.25, 0.3) is 11.4 Å². The van der Waals surface area contributed by atoms with E-state index in [9.17, 15) is 0 Å². The van der Waals surface area contributed by atoms with Gasteiger partial charge >= 0.3 is 0 Å². The summed E-state index contributed by atoms with van der Waals surface area (Å²) in [5.74, 6) is 0.633. The number of nitrogens with zero attached hydrogens (tertiary/aromatic N) is 3. The van der Waals surface area contributed by atoms with E-state index in [0.717, 1.165) is 17.8 Å². The Morgan fingerprint density at radius 1 is 0.952 bits per heavy atom. The topological polar surface area (TPSA) is 66.5 Å². The molecule has 1 heterocycles. The van der Waals surface area contributed by atoms with Crippen LogP contribution in [0, 0.1) is 0 Å². The number of H-pyrrole nitrogens is 1. The lowest BCUT2D eigenvalue weighted by molar-refractivity contribution is 0.596. The number of nitrogens with one attached hydrogen (secondary N) is 2. The van der Waals surface area contributed by atoms with E-state index < -0.39 is 0 Å². The molecule has 2 N–H and O–H groups in total. The van der Waals surface area contributed by atoms with E-state index >= 15 is 0 Å². The van der Waals surface area contributed by atoms with Gasteiger partial charge in [0.05, 0.1) is 0 Å². The van der Waals surface area contributed by atoms with Crippen molar-refractivity contribution < 1.29 is 0 Å². The largest absolute Gasteiger partial charge is 0.385 e. The molecule has 0 spiro atoms. The maximum absolute atomic E-state index is 3.97. The molecule has 2 rings (SSSR count). The number of hydrogen-bond donors (Lipinski definition) is 2. The number of tetrazole rings is 1. The van der Waals surface area contributed by atoms with Gasteiger partial charge in [-0.1, -0.05) is 45.4 Å². The minimum Gasteiger partial charge on any atom is -0.385 e. The summed E-state index contributed by atoms with van der Waals surface area (Å²) in [4.78, 5) is 0. The lowest BCUT2D eigenvalue weighted by atomic mass is 10.1. The Morgan fingerprint density at radius 2 is 1.67 bits per heavy atom. The van der Waals surface area contributed by atoms with E-state index in [1.165, 1.54) is 44.9 Å². The number of hydrogen-bond acceptors (Lipinski definition) is 4. The number of aromatic nitrogens is 4. The molecular formula is C16H25N5. The van der Waals surface area contributed by atoms with Crippen LogP contribution in [0.1, 0.15) is 51.9 Å². The van der Waals surface area contributed by atoms with Crippen LogP contribution in [0.5, 0.6) is 0 Å². The van der Waals surface area contributed by atoms with Gasteiger partial charge < -0.3 is 5.32 Å². The van der Waals surface area contributed by atoms with E-state index in [-0.39, 0.29) is 0 Å². The standard InChI is InChI=1S/C16H25N5/c1-2-3-4-5-6-7-8-13-17-15-11-9-14(10-12-15)16-18-20-21-19-16/h9-12,17H,2-8,13H2,1H3,(H,18,19,20,21). The summed E-state index contributed by atoms with van der Waals surface area (Å²) in [7, 11) is 0. The fourth-order valence-corrected chi connectivity index (χ4v) is 2.34. The summed E-state index contributed by atoms with van der Waals surface area (Å²) < 4.78 is 0. The highest BCUT2D eigenvalue weighted by atomic mass is 15.5. The predicted octanol–water partition coefficient (Wildman–Crippen LogP) is 4.03. The number of anilines is 1. The Bertz CT molecular complexity index is 478. The van der Waals surface area contributed by atoms with Crippen molar-refractivity contribution in [2.75, 3.05) is 11.9 Å². The minimum atomic E-state index is 0.633. The third-order valence-electron chi connectivity index (χ3n) is 3.60. The van der Waals surface area contributed by atoms with E-state index in [1.54, 1.807) is 0 Å². The zero-order valence-corrected chi connectivity index (χ0v) is 12.8. The third-order valence-corrected chi connectivity index (χ3v) is 3.60. The van der Waals surface area contributed by atoms with E-state index in [4.69, 9.17) is 0 Å². The number of rotatable bonds is 10. The predicted molar refractivity (Wildman–Crippen MR) is 86.1 cm³/mol. The second-order valence-electron chi connectivity index (χ2n) is 5.36. The Kier molecular flexibility index (Phi) is 6.71. The number of aromatic amines is 1. The van der Waals surface area contributed by atoms with Crippen molar-refractivity contribution in [2.45, 2.75) is 51.9 Å². The number of unbranched alkanes of at least 4 members (excludes halogenated alkanes) is 6. The first kappa shape index (κ1) is 15.5. The van der Waals surface area contributed by atoms with E-state index in [2.05, 4.69) is 45.0 Å². The zero-order valence-electron chi connectivity index (χ0n) is 12.8. The molecule has 0 saturated heterocycles. The summed E-state index contributed by atoms with van der Waals surface area (Å²) in [6.07, 6.45) is 9.38. The average Bonchev–Trinajstić information content (AvgIpc) is 3.05.